The lowest BCUT2D eigenvalue weighted by molar-refractivity contribution is -0.278. The Morgan fingerprint density at radius 1 is 0.851 bits per heavy atom. The van der Waals surface area contributed by atoms with Gasteiger partial charge in [-0.2, -0.15) is 0 Å². The highest BCUT2D eigenvalue weighted by Crippen LogP contribution is 2.48. The highest BCUT2D eigenvalue weighted by atomic mass is 32.2. The topological polar surface area (TPSA) is 133 Å². The molecule has 5 rings (SSSR count). The third-order valence-corrected chi connectivity index (χ3v) is 11.4. The molecule has 3 aliphatic heterocycles. The lowest BCUT2D eigenvalue weighted by Gasteiger charge is -2.54. The first-order chi connectivity index (χ1) is 22.6. The summed E-state index contributed by atoms with van der Waals surface area (Å²) in [4.78, 5) is 21.9. The first kappa shape index (κ1) is 35.4. The molecule has 3 fully saturated rings. The normalized spacial score (nSPS) is 30.7. The molecule has 11 nitrogen and oxygen atoms in total. The predicted molar refractivity (Wildman–Crippen MR) is 171 cm³/mol. The summed E-state index contributed by atoms with van der Waals surface area (Å²) in [6.45, 7) is 5.19. The molecule has 8 atom stereocenters. The summed E-state index contributed by atoms with van der Waals surface area (Å²) in [6, 6.07) is 19.6. The maximum Gasteiger partial charge on any atom is 0.302 e. The van der Waals surface area contributed by atoms with Crippen LogP contribution in [-0.4, -0.2) is 87.0 Å². The van der Waals surface area contributed by atoms with Crippen molar-refractivity contribution in [3.63, 3.8) is 0 Å². The molecule has 3 saturated heterocycles. The van der Waals surface area contributed by atoms with E-state index >= 15 is 0 Å². The standard InChI is InChI=1S/C35H46O11S/c1-4-47(38,39)35-20-32(42-22-27-13-9-6-10-14-27)29(17-18-40-21-26-11-7-5-8-12-26)45-34(35)19-31-30(46-35)16-15-28(43-25(3)37)33(44-31)23-41-24(2)36/h5-14,28-34H,4,15-23H2,1-3H3/t28-,29-,30+,31-,32+,33+,34+,35+/m0/s1. The smallest absolute Gasteiger partial charge is 0.302 e. The minimum atomic E-state index is -3.84. The Morgan fingerprint density at radius 2 is 1.53 bits per heavy atom. The highest BCUT2D eigenvalue weighted by molar-refractivity contribution is 7.92. The zero-order valence-electron chi connectivity index (χ0n) is 27.3. The number of benzene rings is 2. The van der Waals surface area contributed by atoms with Gasteiger partial charge in [0.25, 0.3) is 0 Å². The van der Waals surface area contributed by atoms with Crippen LogP contribution in [0.4, 0.5) is 0 Å². The summed E-state index contributed by atoms with van der Waals surface area (Å²) in [5, 5.41) is 0. The Kier molecular flexibility index (Phi) is 12.1. The summed E-state index contributed by atoms with van der Waals surface area (Å²) in [5.74, 6) is -1.12. The van der Waals surface area contributed by atoms with Crippen LogP contribution in [-0.2, 0) is 65.8 Å². The van der Waals surface area contributed by atoms with Gasteiger partial charge in [0.2, 0.25) is 0 Å². The minimum absolute atomic E-state index is 0.0808. The van der Waals surface area contributed by atoms with Gasteiger partial charge in [-0.25, -0.2) is 8.42 Å². The molecule has 0 bridgehead atoms. The van der Waals surface area contributed by atoms with Crippen LogP contribution >= 0.6 is 0 Å². The Morgan fingerprint density at radius 3 is 2.17 bits per heavy atom. The Hall–Kier alpha value is -2.87. The van der Waals surface area contributed by atoms with Gasteiger partial charge in [0.05, 0.1) is 43.4 Å². The molecule has 2 aromatic carbocycles. The van der Waals surface area contributed by atoms with Crippen LogP contribution in [0.5, 0.6) is 0 Å². The molecule has 0 radical (unpaired) electrons. The lowest BCUT2D eigenvalue weighted by atomic mass is 9.87. The molecule has 258 valence electrons. The van der Waals surface area contributed by atoms with Gasteiger partial charge in [-0.15, -0.1) is 0 Å². The molecule has 47 heavy (non-hydrogen) atoms. The monoisotopic (exact) mass is 674 g/mol. The van der Waals surface area contributed by atoms with Gasteiger partial charge in [0.1, 0.15) is 24.9 Å². The lowest BCUT2D eigenvalue weighted by Crippen LogP contribution is -2.67. The van der Waals surface area contributed by atoms with Crippen LogP contribution in [0.25, 0.3) is 0 Å². The maximum atomic E-state index is 14.0. The van der Waals surface area contributed by atoms with E-state index in [0.717, 1.165) is 11.1 Å². The highest BCUT2D eigenvalue weighted by Gasteiger charge is 2.63. The number of sulfone groups is 1. The molecule has 0 aliphatic carbocycles. The summed E-state index contributed by atoms with van der Waals surface area (Å²) < 4.78 is 71.1. The van der Waals surface area contributed by atoms with E-state index < -0.39 is 69.4 Å². The van der Waals surface area contributed by atoms with Crippen molar-refractivity contribution in [2.75, 3.05) is 19.0 Å². The van der Waals surface area contributed by atoms with Gasteiger partial charge < -0.3 is 33.2 Å². The van der Waals surface area contributed by atoms with E-state index in [1.54, 1.807) is 6.92 Å². The zero-order valence-corrected chi connectivity index (χ0v) is 28.1. The van der Waals surface area contributed by atoms with E-state index in [0.29, 0.717) is 32.5 Å². The van der Waals surface area contributed by atoms with E-state index in [1.165, 1.54) is 13.8 Å². The summed E-state index contributed by atoms with van der Waals surface area (Å²) >= 11 is 0. The van der Waals surface area contributed by atoms with Crippen molar-refractivity contribution >= 4 is 21.8 Å². The fraction of sp³-hybridized carbons (Fsp3) is 0.600. The van der Waals surface area contributed by atoms with E-state index in [2.05, 4.69) is 0 Å². The van der Waals surface area contributed by atoms with Gasteiger partial charge in [-0.3, -0.25) is 9.59 Å². The second kappa shape index (κ2) is 16.0. The zero-order chi connectivity index (χ0) is 33.4. The van der Waals surface area contributed by atoms with E-state index in [1.807, 2.05) is 60.7 Å². The van der Waals surface area contributed by atoms with Crippen LogP contribution < -0.4 is 0 Å². The van der Waals surface area contributed by atoms with Crippen LogP contribution in [0.15, 0.2) is 60.7 Å². The summed E-state index contributed by atoms with van der Waals surface area (Å²) in [7, 11) is -3.84. The van der Waals surface area contributed by atoms with E-state index in [9.17, 15) is 18.0 Å². The van der Waals surface area contributed by atoms with Crippen molar-refractivity contribution in [1.82, 2.24) is 0 Å². The quantitative estimate of drug-likeness (QED) is 0.223. The van der Waals surface area contributed by atoms with Gasteiger partial charge in [-0.1, -0.05) is 67.6 Å². The third kappa shape index (κ3) is 8.79. The average molecular weight is 675 g/mol. The molecule has 12 heteroatoms. The number of carbonyl (C=O) groups is 2. The molecule has 3 heterocycles. The number of ether oxygens (including phenoxy) is 7. The maximum absolute atomic E-state index is 14.0. The molecule has 0 N–H and O–H groups in total. The number of hydrogen-bond donors (Lipinski definition) is 0. The molecular formula is C35H46O11S. The fourth-order valence-corrected chi connectivity index (χ4v) is 8.44. The first-order valence-corrected chi connectivity index (χ1v) is 18.0. The summed E-state index contributed by atoms with van der Waals surface area (Å²) in [5.41, 5.74) is 2.01. The molecule has 0 unspecified atom stereocenters. The summed E-state index contributed by atoms with van der Waals surface area (Å²) in [6.07, 6.45) is -3.09. The molecule has 0 aromatic heterocycles. The molecule has 3 aliphatic rings. The van der Waals surface area contributed by atoms with Crippen molar-refractivity contribution in [1.29, 1.82) is 0 Å². The number of rotatable bonds is 13. The van der Waals surface area contributed by atoms with Crippen LogP contribution in [0.2, 0.25) is 0 Å². The van der Waals surface area contributed by atoms with Crippen molar-refractivity contribution in [2.24, 2.45) is 0 Å². The van der Waals surface area contributed by atoms with Crippen LogP contribution in [0.1, 0.15) is 64.0 Å². The van der Waals surface area contributed by atoms with E-state index in [4.69, 9.17) is 33.2 Å². The molecule has 0 amide bonds. The second-order valence-corrected chi connectivity index (χ2v) is 14.9. The second-order valence-electron chi connectivity index (χ2n) is 12.4. The van der Waals surface area contributed by atoms with Crippen molar-refractivity contribution in [3.8, 4) is 0 Å². The molecule has 0 spiro atoms. The van der Waals surface area contributed by atoms with Crippen molar-refractivity contribution < 1.29 is 51.2 Å². The molecular weight excluding hydrogens is 628 g/mol. The number of esters is 2. The SMILES string of the molecule is CCS(=O)(=O)[C@]12C[C@@H](OCc3ccccc3)[C@H](CCOCc3ccccc3)O[C@@H]1C[C@@H]1O[C@H](COC(C)=O)[C@@H](OC(C)=O)CC[C@H]1O2. The Balaban J connectivity index is 1.39. The third-order valence-electron chi connectivity index (χ3n) is 9.08. The molecule has 0 saturated carbocycles. The molecule has 2 aromatic rings. The average Bonchev–Trinajstić information content (AvgIpc) is 3.22. The fourth-order valence-electron chi connectivity index (χ4n) is 6.71. The first-order valence-electron chi connectivity index (χ1n) is 16.4. The Labute approximate surface area is 277 Å². The van der Waals surface area contributed by atoms with E-state index in [-0.39, 0.29) is 31.8 Å². The predicted octanol–water partition coefficient (Wildman–Crippen LogP) is 4.30. The minimum Gasteiger partial charge on any atom is -0.463 e. The number of fused-ring (bicyclic) bond motifs is 2. The van der Waals surface area contributed by atoms with Gasteiger partial charge in [-0.05, 0) is 30.4 Å². The van der Waals surface area contributed by atoms with Crippen molar-refractivity contribution in [2.45, 2.75) is 114 Å². The Bertz CT molecular complexity index is 1420. The van der Waals surface area contributed by atoms with Gasteiger partial charge in [0, 0.05) is 33.3 Å². The van der Waals surface area contributed by atoms with Crippen molar-refractivity contribution in [3.05, 3.63) is 71.8 Å². The van der Waals surface area contributed by atoms with Crippen LogP contribution in [0.3, 0.4) is 0 Å². The number of carbonyl (C=O) groups excluding carboxylic acids is 2. The van der Waals surface area contributed by atoms with Gasteiger partial charge >= 0.3 is 11.9 Å². The number of hydrogen-bond acceptors (Lipinski definition) is 11. The largest absolute Gasteiger partial charge is 0.463 e. The van der Waals surface area contributed by atoms with Gasteiger partial charge in [0.15, 0.2) is 14.8 Å². The van der Waals surface area contributed by atoms with Crippen LogP contribution in [0, 0.1) is 0 Å².